The van der Waals surface area contributed by atoms with Crippen LogP contribution < -0.4 is 5.32 Å². The van der Waals surface area contributed by atoms with Crippen molar-refractivity contribution in [3.63, 3.8) is 0 Å². The topological polar surface area (TPSA) is 119 Å². The van der Waals surface area contributed by atoms with Gasteiger partial charge in [0.1, 0.15) is 5.60 Å². The Hall–Kier alpha value is -0.980. The first kappa shape index (κ1) is 29.1. The Kier molecular flexibility index (Phi) is 14.3. The van der Waals surface area contributed by atoms with Crippen LogP contribution in [-0.4, -0.2) is 91.9 Å². The molecule has 11 heteroatoms. The molecule has 0 aromatic heterocycles. The van der Waals surface area contributed by atoms with E-state index in [1.807, 2.05) is 20.8 Å². The van der Waals surface area contributed by atoms with Gasteiger partial charge < -0.3 is 29.0 Å². The second-order valence-electron chi connectivity index (χ2n) is 8.80. The van der Waals surface area contributed by atoms with Crippen molar-refractivity contribution >= 4 is 16.2 Å². The minimum atomic E-state index is -3.41. The molecular formula is C21H41NO9S. The monoisotopic (exact) mass is 483 g/mol. The summed E-state index contributed by atoms with van der Waals surface area (Å²) in [5, 5.41) is 2.95. The van der Waals surface area contributed by atoms with Crippen LogP contribution in [0.5, 0.6) is 0 Å². The molecule has 190 valence electrons. The molecule has 10 nitrogen and oxygen atoms in total. The number of ether oxygens (including phenoxy) is 5. The van der Waals surface area contributed by atoms with Crippen molar-refractivity contribution < 1.29 is 41.1 Å². The maximum Gasteiger partial charge on any atom is 0.407 e. The van der Waals surface area contributed by atoms with Crippen molar-refractivity contribution in [3.05, 3.63) is 0 Å². The highest BCUT2D eigenvalue weighted by Gasteiger charge is 2.24. The lowest BCUT2D eigenvalue weighted by molar-refractivity contribution is -0.00998. The molecule has 0 spiro atoms. The Bertz CT molecular complexity index is 599. The van der Waals surface area contributed by atoms with E-state index in [4.69, 9.17) is 23.7 Å². The van der Waals surface area contributed by atoms with Gasteiger partial charge in [-0.3, -0.25) is 4.18 Å². The van der Waals surface area contributed by atoms with Crippen LogP contribution in [0.4, 0.5) is 4.79 Å². The number of rotatable bonds is 16. The summed E-state index contributed by atoms with van der Waals surface area (Å²) in [6.07, 6.45) is 4.59. The molecule has 0 bridgehead atoms. The van der Waals surface area contributed by atoms with Gasteiger partial charge in [-0.2, -0.15) is 8.42 Å². The summed E-state index contributed by atoms with van der Waals surface area (Å²) >= 11 is 0. The Morgan fingerprint density at radius 3 is 1.75 bits per heavy atom. The summed E-state index contributed by atoms with van der Waals surface area (Å²) in [5.41, 5.74) is -0.476. The van der Waals surface area contributed by atoms with E-state index >= 15 is 0 Å². The lowest BCUT2D eigenvalue weighted by Crippen LogP contribution is -2.41. The Morgan fingerprint density at radius 2 is 1.28 bits per heavy atom. The molecule has 1 aliphatic carbocycles. The third kappa shape index (κ3) is 17.6. The van der Waals surface area contributed by atoms with Crippen LogP contribution in [0.2, 0.25) is 0 Å². The smallest absolute Gasteiger partial charge is 0.407 e. The molecule has 0 aromatic rings. The van der Waals surface area contributed by atoms with Crippen LogP contribution in [0.3, 0.4) is 0 Å². The van der Waals surface area contributed by atoms with Crippen LogP contribution in [0.25, 0.3) is 0 Å². The van der Waals surface area contributed by atoms with E-state index in [0.717, 1.165) is 31.9 Å². The maximum absolute atomic E-state index is 11.8. The maximum atomic E-state index is 11.8. The third-order valence-electron chi connectivity index (χ3n) is 4.56. The average Bonchev–Trinajstić information content (AvgIpc) is 2.67. The minimum absolute atomic E-state index is 0.00630. The lowest BCUT2D eigenvalue weighted by atomic mass is 9.86. The fourth-order valence-corrected chi connectivity index (χ4v) is 3.47. The molecule has 1 amide bonds. The SMILES string of the molecule is CC(C)(C)OC(=O)NC1CCC(COCCOCCOCCOCCOS(C)(=O)=O)CC1. The zero-order valence-electron chi connectivity index (χ0n) is 19.9. The van der Waals surface area contributed by atoms with Gasteiger partial charge in [-0.15, -0.1) is 0 Å². The summed E-state index contributed by atoms with van der Waals surface area (Å²) in [6.45, 7) is 9.25. The second-order valence-corrected chi connectivity index (χ2v) is 10.4. The normalized spacial score (nSPS) is 19.6. The van der Waals surface area contributed by atoms with E-state index in [-0.39, 0.29) is 25.3 Å². The number of amides is 1. The average molecular weight is 484 g/mol. The molecule has 1 saturated carbocycles. The lowest BCUT2D eigenvalue weighted by Gasteiger charge is -2.30. The van der Waals surface area contributed by atoms with E-state index in [9.17, 15) is 13.2 Å². The quantitative estimate of drug-likeness (QED) is 0.260. The van der Waals surface area contributed by atoms with Crippen molar-refractivity contribution in [1.29, 1.82) is 0 Å². The molecule has 1 N–H and O–H groups in total. The summed E-state index contributed by atoms with van der Waals surface area (Å²) in [6, 6.07) is 0.177. The highest BCUT2D eigenvalue weighted by atomic mass is 32.2. The predicted octanol–water partition coefficient (Wildman–Crippen LogP) is 2.11. The summed E-state index contributed by atoms with van der Waals surface area (Å²) in [4.78, 5) is 11.8. The second kappa shape index (κ2) is 15.8. The molecule has 0 unspecified atom stereocenters. The van der Waals surface area contributed by atoms with Crippen molar-refractivity contribution in [2.45, 2.75) is 58.1 Å². The van der Waals surface area contributed by atoms with Gasteiger partial charge in [-0.05, 0) is 52.4 Å². The van der Waals surface area contributed by atoms with Gasteiger partial charge in [-0.1, -0.05) is 0 Å². The Morgan fingerprint density at radius 1 is 0.812 bits per heavy atom. The molecule has 0 saturated heterocycles. The standard InChI is InChI=1S/C21H41NO9S/c1-21(2,3)31-20(23)22-19-7-5-18(6-8-19)17-29-14-13-27-10-9-26-11-12-28-15-16-30-32(4,24)25/h18-19H,5-17H2,1-4H3,(H,22,23). The number of nitrogens with one attached hydrogen (secondary N) is 1. The summed E-state index contributed by atoms with van der Waals surface area (Å²) in [7, 11) is -3.41. The van der Waals surface area contributed by atoms with Crippen LogP contribution in [0.15, 0.2) is 0 Å². The van der Waals surface area contributed by atoms with E-state index in [1.165, 1.54) is 0 Å². The van der Waals surface area contributed by atoms with Crippen molar-refractivity contribution in [2.75, 3.05) is 65.7 Å². The van der Waals surface area contributed by atoms with Gasteiger partial charge in [0.2, 0.25) is 0 Å². The highest BCUT2D eigenvalue weighted by molar-refractivity contribution is 7.85. The zero-order valence-corrected chi connectivity index (χ0v) is 20.7. The number of hydrogen-bond acceptors (Lipinski definition) is 9. The molecule has 0 aromatic carbocycles. The number of carbonyl (C=O) groups excluding carboxylic acids is 1. The van der Waals surface area contributed by atoms with E-state index in [1.54, 1.807) is 0 Å². The number of alkyl carbamates (subject to hydrolysis) is 1. The molecule has 1 aliphatic rings. The van der Waals surface area contributed by atoms with Gasteiger partial charge in [-0.25, -0.2) is 4.79 Å². The fourth-order valence-electron chi connectivity index (χ4n) is 3.10. The summed E-state index contributed by atoms with van der Waals surface area (Å²) < 4.78 is 53.1. The van der Waals surface area contributed by atoms with Crippen molar-refractivity contribution in [2.24, 2.45) is 5.92 Å². The van der Waals surface area contributed by atoms with Crippen LogP contribution in [0.1, 0.15) is 46.5 Å². The van der Waals surface area contributed by atoms with E-state index in [2.05, 4.69) is 9.50 Å². The van der Waals surface area contributed by atoms with Crippen LogP contribution in [-0.2, 0) is 38.0 Å². The zero-order chi connectivity index (χ0) is 23.9. The van der Waals surface area contributed by atoms with Gasteiger partial charge in [0.05, 0.1) is 59.1 Å². The van der Waals surface area contributed by atoms with Gasteiger partial charge in [0.15, 0.2) is 0 Å². The molecule has 0 heterocycles. The first-order valence-electron chi connectivity index (χ1n) is 11.2. The van der Waals surface area contributed by atoms with E-state index in [0.29, 0.717) is 52.2 Å². The molecule has 0 aliphatic heterocycles. The van der Waals surface area contributed by atoms with Crippen molar-refractivity contribution in [1.82, 2.24) is 5.32 Å². The molecular weight excluding hydrogens is 442 g/mol. The number of carbonyl (C=O) groups is 1. The predicted molar refractivity (Wildman–Crippen MR) is 119 cm³/mol. The minimum Gasteiger partial charge on any atom is -0.444 e. The summed E-state index contributed by atoms with van der Waals surface area (Å²) in [5.74, 6) is 0.512. The van der Waals surface area contributed by atoms with Gasteiger partial charge >= 0.3 is 6.09 Å². The Labute approximate surface area is 192 Å². The van der Waals surface area contributed by atoms with Crippen molar-refractivity contribution in [3.8, 4) is 0 Å². The van der Waals surface area contributed by atoms with Gasteiger partial charge in [0, 0.05) is 12.6 Å². The Balaban J connectivity index is 1.86. The highest BCUT2D eigenvalue weighted by Crippen LogP contribution is 2.24. The van der Waals surface area contributed by atoms with Gasteiger partial charge in [0.25, 0.3) is 10.1 Å². The van der Waals surface area contributed by atoms with Crippen LogP contribution >= 0.6 is 0 Å². The largest absolute Gasteiger partial charge is 0.444 e. The molecule has 0 atom stereocenters. The number of hydrogen-bond donors (Lipinski definition) is 1. The molecule has 0 radical (unpaired) electrons. The fraction of sp³-hybridized carbons (Fsp3) is 0.952. The van der Waals surface area contributed by atoms with E-state index < -0.39 is 15.7 Å². The van der Waals surface area contributed by atoms with Crippen LogP contribution in [0, 0.1) is 5.92 Å². The molecule has 1 fully saturated rings. The molecule has 1 rings (SSSR count). The molecule has 32 heavy (non-hydrogen) atoms. The first-order valence-corrected chi connectivity index (χ1v) is 13.0. The first-order chi connectivity index (χ1) is 15.1. The third-order valence-corrected chi connectivity index (χ3v) is 5.16.